The number of cyclic esters (lactones) is 1. The van der Waals surface area contributed by atoms with E-state index in [1.165, 1.54) is 30.3 Å². The number of fused-ring (bicyclic) bond motifs is 1. The number of rotatable bonds is 4. The molecule has 0 fully saturated rings. The summed E-state index contributed by atoms with van der Waals surface area (Å²) >= 11 is 0. The first kappa shape index (κ1) is 16.7. The number of hydrogen-bond donors (Lipinski definition) is 2. The molecule has 0 aromatic heterocycles. The van der Waals surface area contributed by atoms with Crippen molar-refractivity contribution < 1.29 is 29.3 Å². The second-order valence-electron chi connectivity index (χ2n) is 6.09. The Bertz CT molecular complexity index is 976. The van der Waals surface area contributed by atoms with Gasteiger partial charge in [0.05, 0.1) is 5.56 Å². The molecule has 1 heterocycles. The van der Waals surface area contributed by atoms with Crippen LogP contribution in [0, 0.1) is 0 Å². The molecule has 0 amide bonds. The molecule has 1 aliphatic rings. The Morgan fingerprint density at radius 2 is 1.41 bits per heavy atom. The summed E-state index contributed by atoms with van der Waals surface area (Å²) in [4.78, 5) is 23.3. The van der Waals surface area contributed by atoms with Crippen LogP contribution in [0.15, 0.2) is 66.7 Å². The van der Waals surface area contributed by atoms with Crippen LogP contribution in [0.5, 0.6) is 17.2 Å². The summed E-state index contributed by atoms with van der Waals surface area (Å²) < 4.78 is 10.7. The van der Waals surface area contributed by atoms with Crippen LogP contribution in [0.4, 0.5) is 0 Å². The fourth-order valence-electron chi connectivity index (χ4n) is 3.36. The number of aromatic hydroxyl groups is 2. The van der Waals surface area contributed by atoms with E-state index in [0.29, 0.717) is 16.7 Å². The molecule has 6 nitrogen and oxygen atoms in total. The second kappa shape index (κ2) is 6.17. The third-order valence-corrected chi connectivity index (χ3v) is 4.57. The van der Waals surface area contributed by atoms with Gasteiger partial charge >= 0.3 is 5.97 Å². The van der Waals surface area contributed by atoms with E-state index in [2.05, 4.69) is 0 Å². The summed E-state index contributed by atoms with van der Waals surface area (Å²) in [6.07, 6.45) is 0. The number of phenolic OH excluding ortho intramolecular Hbond substituents is 2. The van der Waals surface area contributed by atoms with Gasteiger partial charge in [-0.2, -0.15) is 0 Å². The molecular formula is C21H14O6. The van der Waals surface area contributed by atoms with E-state index in [4.69, 9.17) is 9.47 Å². The molecule has 134 valence electrons. The maximum atomic E-state index is 12.7. The molecule has 0 spiro atoms. The topological polar surface area (TPSA) is 93.1 Å². The summed E-state index contributed by atoms with van der Waals surface area (Å²) in [6, 6.07) is 17.4. The monoisotopic (exact) mass is 362 g/mol. The number of carbonyl (C=O) groups is 2. The summed E-state index contributed by atoms with van der Waals surface area (Å²) in [6.45, 7) is 0.287. The van der Waals surface area contributed by atoms with Gasteiger partial charge < -0.3 is 19.7 Å². The zero-order chi connectivity index (χ0) is 19.0. The Hall–Kier alpha value is -3.80. The van der Waals surface area contributed by atoms with Gasteiger partial charge in [-0.15, -0.1) is 0 Å². The van der Waals surface area contributed by atoms with Gasteiger partial charge in [-0.05, 0) is 42.5 Å². The van der Waals surface area contributed by atoms with Crippen LogP contribution in [0.2, 0.25) is 0 Å². The zero-order valence-electron chi connectivity index (χ0n) is 14.0. The number of ether oxygens (including phenoxy) is 2. The molecule has 3 aromatic rings. The van der Waals surface area contributed by atoms with Crippen LogP contribution in [-0.2, 0) is 15.1 Å². The van der Waals surface area contributed by atoms with Crippen molar-refractivity contribution in [1.82, 2.24) is 0 Å². The lowest BCUT2D eigenvalue weighted by atomic mass is 9.80. The maximum Gasteiger partial charge on any atom is 0.340 e. The third kappa shape index (κ3) is 2.58. The minimum Gasteiger partial charge on any atom is -0.508 e. The van der Waals surface area contributed by atoms with E-state index in [1.807, 2.05) is 0 Å². The van der Waals surface area contributed by atoms with E-state index < -0.39 is 11.6 Å². The Labute approximate surface area is 154 Å². The van der Waals surface area contributed by atoms with E-state index in [0.717, 1.165) is 0 Å². The van der Waals surface area contributed by atoms with E-state index >= 15 is 0 Å². The number of carbonyl (C=O) groups excluding carboxylic acids is 2. The molecule has 0 aliphatic carbocycles. The Morgan fingerprint density at radius 3 is 1.93 bits per heavy atom. The van der Waals surface area contributed by atoms with Crippen LogP contribution in [0.1, 0.15) is 27.0 Å². The van der Waals surface area contributed by atoms with Gasteiger partial charge in [0.15, 0.2) is 5.60 Å². The quantitative estimate of drug-likeness (QED) is 0.547. The molecule has 0 bridgehead atoms. The van der Waals surface area contributed by atoms with Gasteiger partial charge in [0.1, 0.15) is 17.2 Å². The zero-order valence-corrected chi connectivity index (χ0v) is 14.0. The minimum atomic E-state index is -1.26. The molecule has 27 heavy (non-hydrogen) atoms. The lowest BCUT2D eigenvalue weighted by Crippen LogP contribution is -2.29. The van der Waals surface area contributed by atoms with Crippen LogP contribution in [-0.4, -0.2) is 22.7 Å². The molecule has 2 N–H and O–H groups in total. The van der Waals surface area contributed by atoms with Crippen molar-refractivity contribution in [2.45, 2.75) is 5.60 Å². The number of phenols is 2. The van der Waals surface area contributed by atoms with E-state index in [-0.39, 0.29) is 29.3 Å². The molecule has 0 unspecified atom stereocenters. The van der Waals surface area contributed by atoms with Crippen molar-refractivity contribution in [2.24, 2.45) is 0 Å². The highest BCUT2D eigenvalue weighted by Crippen LogP contribution is 2.48. The highest BCUT2D eigenvalue weighted by atomic mass is 16.6. The lowest BCUT2D eigenvalue weighted by molar-refractivity contribution is -0.120. The molecule has 0 saturated heterocycles. The largest absolute Gasteiger partial charge is 0.508 e. The highest BCUT2D eigenvalue weighted by Gasteiger charge is 2.48. The Kier molecular flexibility index (Phi) is 3.81. The molecule has 6 heteroatoms. The molecule has 1 aliphatic heterocycles. The molecule has 0 atom stereocenters. The first-order valence-electron chi connectivity index (χ1n) is 8.12. The SMILES string of the molecule is O=COc1ccc2c(c1)C(=O)OC2(c1ccc(O)cc1)c1ccc(O)cc1. The van der Waals surface area contributed by atoms with E-state index in [9.17, 15) is 19.8 Å². The molecule has 0 saturated carbocycles. The standard InChI is InChI=1S/C21H14O6/c22-12-26-17-9-10-19-18(11-17)20(25)27-21(19,13-1-5-15(23)6-2-13)14-3-7-16(24)8-4-14/h1-12,23-24H. The predicted octanol–water partition coefficient (Wildman–Crippen LogP) is 3.10. The maximum absolute atomic E-state index is 12.7. The van der Waals surface area contributed by atoms with Gasteiger partial charge in [-0.25, -0.2) is 4.79 Å². The van der Waals surface area contributed by atoms with Gasteiger partial charge in [0.25, 0.3) is 6.47 Å². The first-order valence-corrected chi connectivity index (χ1v) is 8.12. The minimum absolute atomic E-state index is 0.0823. The van der Waals surface area contributed by atoms with Crippen LogP contribution in [0.3, 0.4) is 0 Å². The first-order chi connectivity index (χ1) is 13.0. The summed E-state index contributed by atoms with van der Waals surface area (Å²) in [7, 11) is 0. The lowest BCUT2D eigenvalue weighted by Gasteiger charge is -2.30. The number of esters is 1. The summed E-state index contributed by atoms with van der Waals surface area (Å²) in [5.41, 5.74) is 0.843. The average Bonchev–Trinajstić information content (AvgIpc) is 2.96. The van der Waals surface area contributed by atoms with Gasteiger partial charge in [0.2, 0.25) is 0 Å². The predicted molar refractivity (Wildman–Crippen MR) is 94.6 cm³/mol. The Balaban J connectivity index is 1.98. The molecule has 4 rings (SSSR count). The second-order valence-corrected chi connectivity index (χ2v) is 6.09. The van der Waals surface area contributed by atoms with Crippen molar-refractivity contribution in [1.29, 1.82) is 0 Å². The average molecular weight is 362 g/mol. The molecule has 0 radical (unpaired) electrons. The van der Waals surface area contributed by atoms with Gasteiger partial charge in [-0.1, -0.05) is 24.3 Å². The van der Waals surface area contributed by atoms with Crippen molar-refractivity contribution in [2.75, 3.05) is 0 Å². The van der Waals surface area contributed by atoms with Crippen molar-refractivity contribution in [3.05, 3.63) is 89.0 Å². The Morgan fingerprint density at radius 1 is 0.852 bits per heavy atom. The normalized spacial score (nSPS) is 14.3. The fraction of sp³-hybridized carbons (Fsp3) is 0.0476. The van der Waals surface area contributed by atoms with Crippen LogP contribution in [0.25, 0.3) is 0 Å². The smallest absolute Gasteiger partial charge is 0.340 e. The van der Waals surface area contributed by atoms with Gasteiger partial charge in [0, 0.05) is 16.7 Å². The third-order valence-electron chi connectivity index (χ3n) is 4.57. The van der Waals surface area contributed by atoms with Crippen LogP contribution >= 0.6 is 0 Å². The van der Waals surface area contributed by atoms with Crippen molar-refractivity contribution >= 4 is 12.4 Å². The molecular weight excluding hydrogens is 348 g/mol. The van der Waals surface area contributed by atoms with E-state index in [1.54, 1.807) is 36.4 Å². The summed E-state index contributed by atoms with van der Waals surface area (Å²) in [5, 5.41) is 19.3. The fourth-order valence-corrected chi connectivity index (χ4v) is 3.36. The van der Waals surface area contributed by atoms with Crippen LogP contribution < -0.4 is 4.74 Å². The number of benzene rings is 3. The van der Waals surface area contributed by atoms with Crippen molar-refractivity contribution in [3.8, 4) is 17.2 Å². The number of hydrogen-bond acceptors (Lipinski definition) is 6. The highest BCUT2D eigenvalue weighted by molar-refractivity contribution is 5.97. The summed E-state index contributed by atoms with van der Waals surface area (Å²) in [5.74, 6) is -0.173. The molecule has 3 aromatic carbocycles. The van der Waals surface area contributed by atoms with Crippen molar-refractivity contribution in [3.63, 3.8) is 0 Å². The van der Waals surface area contributed by atoms with Gasteiger partial charge in [-0.3, -0.25) is 4.79 Å².